The van der Waals surface area contributed by atoms with Crippen LogP contribution in [0.5, 0.6) is 0 Å². The van der Waals surface area contributed by atoms with Crippen LogP contribution in [0.1, 0.15) is 22.8 Å². The van der Waals surface area contributed by atoms with Crippen molar-refractivity contribution in [1.82, 2.24) is 5.43 Å². The molecule has 0 radical (unpaired) electrons. The van der Waals surface area contributed by atoms with Crippen molar-refractivity contribution in [3.63, 3.8) is 0 Å². The van der Waals surface area contributed by atoms with Gasteiger partial charge in [-0.1, -0.05) is 48.5 Å². The van der Waals surface area contributed by atoms with E-state index in [-0.39, 0.29) is 5.56 Å². The molecule has 4 heteroatoms. The van der Waals surface area contributed by atoms with Crippen LogP contribution in [0.15, 0.2) is 65.3 Å². The molecule has 2 aromatic rings. The Labute approximate surface area is 122 Å². The number of nitrogens with zero attached hydrogens (tertiary/aromatic N) is 1. The molecule has 0 fully saturated rings. The van der Waals surface area contributed by atoms with E-state index in [9.17, 15) is 9.18 Å². The van der Waals surface area contributed by atoms with E-state index in [1.54, 1.807) is 6.07 Å². The van der Waals surface area contributed by atoms with Crippen LogP contribution in [0.4, 0.5) is 4.39 Å². The lowest BCUT2D eigenvalue weighted by atomic mass is 10.1. The largest absolute Gasteiger partial charge is 0.274 e. The van der Waals surface area contributed by atoms with Gasteiger partial charge in [-0.2, -0.15) is 5.10 Å². The normalized spacial score (nSPS) is 11.6. The maximum absolute atomic E-state index is 13.4. The molecule has 0 unspecified atom stereocenters. The Morgan fingerprint density at radius 3 is 2.48 bits per heavy atom. The second-order valence-electron chi connectivity index (χ2n) is 4.48. The molecule has 0 aliphatic heterocycles. The molecule has 2 rings (SSSR count). The van der Waals surface area contributed by atoms with Crippen LogP contribution in [0, 0.1) is 5.82 Å². The summed E-state index contributed by atoms with van der Waals surface area (Å²) in [5.74, 6) is -1.14. The second-order valence-corrected chi connectivity index (χ2v) is 4.48. The molecule has 106 valence electrons. The van der Waals surface area contributed by atoms with Gasteiger partial charge in [-0.15, -0.1) is 0 Å². The quantitative estimate of drug-likeness (QED) is 0.675. The summed E-state index contributed by atoms with van der Waals surface area (Å²) in [5, 5.41) is 3.83. The van der Waals surface area contributed by atoms with Gasteiger partial charge in [0.15, 0.2) is 0 Å². The van der Waals surface area contributed by atoms with E-state index in [0.29, 0.717) is 0 Å². The number of allylic oxidation sites excluding steroid dienone is 1. The van der Waals surface area contributed by atoms with Gasteiger partial charge in [0.05, 0.1) is 11.8 Å². The van der Waals surface area contributed by atoms with Crippen molar-refractivity contribution in [1.29, 1.82) is 0 Å². The summed E-state index contributed by atoms with van der Waals surface area (Å²) in [6, 6.07) is 15.5. The maximum Gasteiger partial charge on any atom is 0.274 e. The first-order chi connectivity index (χ1) is 10.2. The molecule has 0 saturated carbocycles. The molecular formula is C17H15FN2O. The van der Waals surface area contributed by atoms with Gasteiger partial charge in [-0.25, -0.2) is 9.82 Å². The molecule has 0 aromatic heterocycles. The number of rotatable bonds is 4. The van der Waals surface area contributed by atoms with Crippen LogP contribution in [-0.4, -0.2) is 12.1 Å². The lowest BCUT2D eigenvalue weighted by Crippen LogP contribution is -2.18. The van der Waals surface area contributed by atoms with Crippen LogP contribution in [0.25, 0.3) is 6.08 Å². The average molecular weight is 282 g/mol. The van der Waals surface area contributed by atoms with Gasteiger partial charge in [0, 0.05) is 0 Å². The van der Waals surface area contributed by atoms with Crippen molar-refractivity contribution in [3.05, 3.63) is 77.1 Å². The summed E-state index contributed by atoms with van der Waals surface area (Å²) in [4.78, 5) is 11.7. The standard InChI is InChI=1S/C17H15FN2O/c1-13(11-14-7-3-2-4-8-14)12-19-20-17(21)15-9-5-6-10-16(15)18/h2-12H,1H3,(H,20,21)/b13-11+,19-12+. The minimum atomic E-state index is -0.572. The highest BCUT2D eigenvalue weighted by Crippen LogP contribution is 2.06. The number of halogens is 1. The van der Waals surface area contributed by atoms with Crippen molar-refractivity contribution in [2.45, 2.75) is 6.92 Å². The van der Waals surface area contributed by atoms with Crippen molar-refractivity contribution in [3.8, 4) is 0 Å². The third-order valence-corrected chi connectivity index (χ3v) is 2.75. The van der Waals surface area contributed by atoms with Gasteiger partial charge in [-0.3, -0.25) is 4.79 Å². The third kappa shape index (κ3) is 4.38. The van der Waals surface area contributed by atoms with Crippen molar-refractivity contribution in [2.75, 3.05) is 0 Å². The fourth-order valence-electron chi connectivity index (χ4n) is 1.75. The Bertz CT molecular complexity index is 678. The van der Waals surface area contributed by atoms with E-state index in [4.69, 9.17) is 0 Å². The molecule has 0 saturated heterocycles. The summed E-state index contributed by atoms with van der Waals surface area (Å²) >= 11 is 0. The van der Waals surface area contributed by atoms with E-state index in [2.05, 4.69) is 10.5 Å². The van der Waals surface area contributed by atoms with Crippen LogP contribution < -0.4 is 5.43 Å². The summed E-state index contributed by atoms with van der Waals surface area (Å²) < 4.78 is 13.4. The molecule has 0 spiro atoms. The Hall–Kier alpha value is -2.75. The van der Waals surface area contributed by atoms with Crippen molar-refractivity contribution < 1.29 is 9.18 Å². The lowest BCUT2D eigenvalue weighted by molar-refractivity contribution is 0.0951. The molecular weight excluding hydrogens is 267 g/mol. The predicted molar refractivity (Wildman–Crippen MR) is 82.5 cm³/mol. The monoisotopic (exact) mass is 282 g/mol. The highest BCUT2D eigenvalue weighted by atomic mass is 19.1. The van der Waals surface area contributed by atoms with E-state index in [0.717, 1.165) is 11.1 Å². The molecule has 0 aliphatic rings. The molecule has 1 N–H and O–H groups in total. The SMILES string of the molecule is CC(/C=N/NC(=O)c1ccccc1F)=C\c1ccccc1. The second kappa shape index (κ2) is 7.14. The minimum absolute atomic E-state index is 0.0284. The minimum Gasteiger partial charge on any atom is -0.267 e. The number of hydrazone groups is 1. The number of benzene rings is 2. The van der Waals surface area contributed by atoms with Crippen LogP contribution in [0.2, 0.25) is 0 Å². The fraction of sp³-hybridized carbons (Fsp3) is 0.0588. The molecule has 3 nitrogen and oxygen atoms in total. The summed E-state index contributed by atoms with van der Waals surface area (Å²) in [7, 11) is 0. The molecule has 2 aromatic carbocycles. The Kier molecular flexibility index (Phi) is 4.99. The van der Waals surface area contributed by atoms with Gasteiger partial charge in [0.2, 0.25) is 0 Å². The van der Waals surface area contributed by atoms with Crippen LogP contribution in [0.3, 0.4) is 0 Å². The third-order valence-electron chi connectivity index (χ3n) is 2.75. The number of carbonyl (C=O) groups excluding carboxylic acids is 1. The number of nitrogens with one attached hydrogen (secondary N) is 1. The van der Waals surface area contributed by atoms with E-state index >= 15 is 0 Å². The topological polar surface area (TPSA) is 41.5 Å². The van der Waals surface area contributed by atoms with E-state index < -0.39 is 11.7 Å². The number of carbonyl (C=O) groups is 1. The Morgan fingerprint density at radius 2 is 1.76 bits per heavy atom. The van der Waals surface area contributed by atoms with Gasteiger partial charge in [-0.05, 0) is 30.2 Å². The maximum atomic E-state index is 13.4. The first kappa shape index (κ1) is 14.7. The first-order valence-corrected chi connectivity index (χ1v) is 6.48. The average Bonchev–Trinajstić information content (AvgIpc) is 2.48. The van der Waals surface area contributed by atoms with Gasteiger partial charge < -0.3 is 0 Å². The van der Waals surface area contributed by atoms with Crippen molar-refractivity contribution in [2.24, 2.45) is 5.10 Å². The zero-order valence-corrected chi connectivity index (χ0v) is 11.6. The number of hydrogen-bond donors (Lipinski definition) is 1. The number of amides is 1. The van der Waals surface area contributed by atoms with Crippen molar-refractivity contribution >= 4 is 18.2 Å². The van der Waals surface area contributed by atoms with Crippen LogP contribution in [-0.2, 0) is 0 Å². The summed E-state index contributed by atoms with van der Waals surface area (Å²) in [6.07, 6.45) is 3.45. The van der Waals surface area contributed by atoms with Gasteiger partial charge in [0.1, 0.15) is 5.82 Å². The highest BCUT2D eigenvalue weighted by Gasteiger charge is 2.08. The zero-order chi connectivity index (χ0) is 15.1. The first-order valence-electron chi connectivity index (χ1n) is 6.48. The van der Waals surface area contributed by atoms with E-state index in [1.165, 1.54) is 24.4 Å². The van der Waals surface area contributed by atoms with Gasteiger partial charge in [0.25, 0.3) is 5.91 Å². The fourth-order valence-corrected chi connectivity index (χ4v) is 1.75. The predicted octanol–water partition coefficient (Wildman–Crippen LogP) is 3.64. The molecule has 0 bridgehead atoms. The molecule has 21 heavy (non-hydrogen) atoms. The molecule has 1 amide bonds. The zero-order valence-electron chi connectivity index (χ0n) is 11.6. The molecule has 0 atom stereocenters. The summed E-state index contributed by atoms with van der Waals surface area (Å²) in [5.41, 5.74) is 4.19. The molecule has 0 heterocycles. The smallest absolute Gasteiger partial charge is 0.267 e. The summed E-state index contributed by atoms with van der Waals surface area (Å²) in [6.45, 7) is 1.87. The lowest BCUT2D eigenvalue weighted by Gasteiger charge is -2.00. The highest BCUT2D eigenvalue weighted by molar-refractivity contribution is 5.95. The Balaban J connectivity index is 1.98. The van der Waals surface area contributed by atoms with Crippen LogP contribution >= 0.6 is 0 Å². The molecule has 0 aliphatic carbocycles. The van der Waals surface area contributed by atoms with Gasteiger partial charge >= 0.3 is 0 Å². The van der Waals surface area contributed by atoms with E-state index in [1.807, 2.05) is 43.3 Å². The Morgan fingerprint density at radius 1 is 1.10 bits per heavy atom. The number of hydrogen-bond acceptors (Lipinski definition) is 2.